The monoisotopic (exact) mass is 330 g/mol. The summed E-state index contributed by atoms with van der Waals surface area (Å²) in [7, 11) is 1.77. The number of nitrogens with zero attached hydrogens (tertiary/aromatic N) is 4. The Kier molecular flexibility index (Phi) is 4.29. The largest absolute Gasteiger partial charge is 0.492 e. The van der Waals surface area contributed by atoms with Gasteiger partial charge in [0.05, 0.1) is 11.3 Å². The zero-order chi connectivity index (χ0) is 16.4. The van der Waals surface area contributed by atoms with Crippen LogP contribution in [0.25, 0.3) is 10.2 Å². The molecule has 0 aliphatic rings. The number of para-hydroxylation sites is 1. The highest BCUT2D eigenvalue weighted by Crippen LogP contribution is 2.27. The molecule has 0 fully saturated rings. The summed E-state index contributed by atoms with van der Waals surface area (Å²) in [4.78, 5) is 17.2. The van der Waals surface area contributed by atoms with Crippen LogP contribution in [0.1, 0.15) is 24.3 Å². The lowest BCUT2D eigenvalue weighted by Crippen LogP contribution is -2.16. The lowest BCUT2D eigenvalue weighted by molar-refractivity contribution is 0.0992. The zero-order valence-electron chi connectivity index (χ0n) is 13.3. The van der Waals surface area contributed by atoms with E-state index in [1.54, 1.807) is 24.0 Å². The third kappa shape index (κ3) is 2.92. The summed E-state index contributed by atoms with van der Waals surface area (Å²) < 4.78 is 10.4. The number of thiazole rings is 1. The summed E-state index contributed by atoms with van der Waals surface area (Å²) in [5.74, 6) is 0.479. The van der Waals surface area contributed by atoms with E-state index in [1.165, 1.54) is 11.3 Å². The first kappa shape index (κ1) is 15.5. The van der Waals surface area contributed by atoms with Crippen LogP contribution in [0.15, 0.2) is 35.5 Å². The Bertz CT molecular complexity index is 920. The number of ether oxygens (including phenoxy) is 1. The quantitative estimate of drug-likeness (QED) is 0.739. The number of rotatable bonds is 4. The average Bonchev–Trinajstić information content (AvgIpc) is 3.11. The van der Waals surface area contributed by atoms with E-state index < -0.39 is 0 Å². The van der Waals surface area contributed by atoms with Crippen molar-refractivity contribution >= 4 is 27.5 Å². The standard InChI is InChI=1S/C16H18N4O2S/c1-4-20-14-12(22-5-2)7-6-8-13(14)23-16(20)17-15(21)11-9-10-19(3)18-11/h6-10H,4-5H2,1-3H3. The molecule has 1 aromatic carbocycles. The molecule has 0 N–H and O–H groups in total. The van der Waals surface area contributed by atoms with Crippen molar-refractivity contribution in [1.29, 1.82) is 0 Å². The van der Waals surface area contributed by atoms with Crippen molar-refractivity contribution in [1.82, 2.24) is 14.3 Å². The third-order valence-corrected chi connectivity index (χ3v) is 4.45. The molecule has 0 radical (unpaired) electrons. The van der Waals surface area contributed by atoms with Crippen molar-refractivity contribution in [2.45, 2.75) is 20.4 Å². The van der Waals surface area contributed by atoms with Crippen LogP contribution >= 0.6 is 11.3 Å². The lowest BCUT2D eigenvalue weighted by Gasteiger charge is -2.07. The van der Waals surface area contributed by atoms with E-state index in [0.29, 0.717) is 23.6 Å². The molecule has 0 saturated heterocycles. The fourth-order valence-electron chi connectivity index (χ4n) is 2.42. The number of hydrogen-bond acceptors (Lipinski definition) is 4. The third-order valence-electron chi connectivity index (χ3n) is 3.41. The van der Waals surface area contributed by atoms with Gasteiger partial charge in [-0.05, 0) is 32.0 Å². The number of benzene rings is 1. The van der Waals surface area contributed by atoms with Gasteiger partial charge in [0.25, 0.3) is 5.91 Å². The van der Waals surface area contributed by atoms with E-state index in [-0.39, 0.29) is 5.91 Å². The topological polar surface area (TPSA) is 61.4 Å². The van der Waals surface area contributed by atoms with Gasteiger partial charge < -0.3 is 9.30 Å². The molecule has 3 aromatic rings. The molecule has 0 spiro atoms. The van der Waals surface area contributed by atoms with Crippen LogP contribution in [0.4, 0.5) is 0 Å². The molecule has 3 rings (SSSR count). The predicted molar refractivity (Wildman–Crippen MR) is 89.8 cm³/mol. The minimum atomic E-state index is -0.336. The number of carbonyl (C=O) groups is 1. The fraction of sp³-hybridized carbons (Fsp3) is 0.312. The van der Waals surface area contributed by atoms with Crippen molar-refractivity contribution in [3.8, 4) is 5.75 Å². The summed E-state index contributed by atoms with van der Waals surface area (Å²) in [5, 5.41) is 4.11. The summed E-state index contributed by atoms with van der Waals surface area (Å²) in [5.41, 5.74) is 1.33. The normalized spacial score (nSPS) is 12.0. The molecule has 0 unspecified atom stereocenters. The van der Waals surface area contributed by atoms with Crippen LogP contribution in [0.3, 0.4) is 0 Å². The molecule has 0 aliphatic heterocycles. The smallest absolute Gasteiger partial charge is 0.300 e. The summed E-state index contributed by atoms with van der Waals surface area (Å²) in [6.45, 7) is 5.28. The Labute approximate surface area is 137 Å². The summed E-state index contributed by atoms with van der Waals surface area (Å²) in [6.07, 6.45) is 1.73. The van der Waals surface area contributed by atoms with Gasteiger partial charge in [0.15, 0.2) is 10.5 Å². The summed E-state index contributed by atoms with van der Waals surface area (Å²) >= 11 is 1.48. The Balaban J connectivity index is 2.16. The van der Waals surface area contributed by atoms with Crippen molar-refractivity contribution in [3.05, 3.63) is 41.0 Å². The first-order valence-corrected chi connectivity index (χ1v) is 8.29. The van der Waals surface area contributed by atoms with Crippen molar-refractivity contribution < 1.29 is 9.53 Å². The van der Waals surface area contributed by atoms with Crippen LogP contribution in [-0.2, 0) is 13.6 Å². The molecule has 6 nitrogen and oxygen atoms in total. The molecular formula is C16H18N4O2S. The highest BCUT2D eigenvalue weighted by molar-refractivity contribution is 7.16. The van der Waals surface area contributed by atoms with Gasteiger partial charge in [0, 0.05) is 19.8 Å². The SMILES string of the molecule is CCOc1cccc2sc(=NC(=O)c3ccn(C)n3)n(CC)c12. The zero-order valence-corrected chi connectivity index (χ0v) is 14.1. The lowest BCUT2D eigenvalue weighted by atomic mass is 10.3. The van der Waals surface area contributed by atoms with Gasteiger partial charge in [-0.25, -0.2) is 0 Å². The van der Waals surface area contributed by atoms with Crippen LogP contribution in [-0.4, -0.2) is 26.9 Å². The molecule has 0 aliphatic carbocycles. The first-order chi connectivity index (χ1) is 11.1. The van der Waals surface area contributed by atoms with Gasteiger partial charge in [0.1, 0.15) is 11.3 Å². The molecule has 7 heteroatoms. The number of aryl methyl sites for hydroxylation is 2. The maximum Gasteiger partial charge on any atom is 0.300 e. The minimum absolute atomic E-state index is 0.336. The molecular weight excluding hydrogens is 312 g/mol. The molecule has 120 valence electrons. The number of aromatic nitrogens is 3. The number of hydrogen-bond donors (Lipinski definition) is 0. The van der Waals surface area contributed by atoms with Crippen LogP contribution < -0.4 is 9.54 Å². The highest BCUT2D eigenvalue weighted by atomic mass is 32.1. The number of amides is 1. The molecule has 2 aromatic heterocycles. The van der Waals surface area contributed by atoms with Gasteiger partial charge in [0.2, 0.25) is 0 Å². The van der Waals surface area contributed by atoms with Crippen LogP contribution in [0.2, 0.25) is 0 Å². The predicted octanol–water partition coefficient (Wildman–Crippen LogP) is 2.60. The van der Waals surface area contributed by atoms with Crippen LogP contribution in [0.5, 0.6) is 5.75 Å². The van der Waals surface area contributed by atoms with Gasteiger partial charge in [-0.3, -0.25) is 9.48 Å². The molecule has 1 amide bonds. The summed E-state index contributed by atoms with van der Waals surface area (Å²) in [6, 6.07) is 7.57. The second-order valence-corrected chi connectivity index (χ2v) is 5.97. The van der Waals surface area contributed by atoms with E-state index in [4.69, 9.17) is 4.74 Å². The van der Waals surface area contributed by atoms with Gasteiger partial charge in [-0.2, -0.15) is 10.1 Å². The van der Waals surface area contributed by atoms with Crippen molar-refractivity contribution in [2.24, 2.45) is 12.0 Å². The van der Waals surface area contributed by atoms with Crippen molar-refractivity contribution in [2.75, 3.05) is 6.61 Å². The Morgan fingerprint density at radius 2 is 2.17 bits per heavy atom. The second kappa shape index (κ2) is 6.37. The maximum absolute atomic E-state index is 12.3. The Morgan fingerprint density at radius 3 is 2.83 bits per heavy atom. The molecule has 0 bridgehead atoms. The highest BCUT2D eigenvalue weighted by Gasteiger charge is 2.13. The van der Waals surface area contributed by atoms with Crippen molar-refractivity contribution in [3.63, 3.8) is 0 Å². The number of carbonyl (C=O) groups excluding carboxylic acids is 1. The molecule has 0 atom stereocenters. The maximum atomic E-state index is 12.3. The van der Waals surface area contributed by atoms with E-state index in [2.05, 4.69) is 10.1 Å². The Morgan fingerprint density at radius 1 is 1.35 bits per heavy atom. The van der Waals surface area contributed by atoms with Gasteiger partial charge in [-0.1, -0.05) is 17.4 Å². The first-order valence-electron chi connectivity index (χ1n) is 7.48. The molecule has 0 saturated carbocycles. The second-order valence-electron chi connectivity index (χ2n) is 4.96. The molecule has 23 heavy (non-hydrogen) atoms. The van der Waals surface area contributed by atoms with Crippen LogP contribution in [0, 0.1) is 0 Å². The number of fused-ring (bicyclic) bond motifs is 1. The molecule has 2 heterocycles. The Hall–Kier alpha value is -2.41. The van der Waals surface area contributed by atoms with Gasteiger partial charge in [-0.15, -0.1) is 0 Å². The minimum Gasteiger partial charge on any atom is -0.492 e. The van der Waals surface area contributed by atoms with E-state index in [1.807, 2.05) is 36.6 Å². The van der Waals surface area contributed by atoms with E-state index in [0.717, 1.165) is 16.0 Å². The fourth-order valence-corrected chi connectivity index (χ4v) is 3.53. The average molecular weight is 330 g/mol. The van der Waals surface area contributed by atoms with Gasteiger partial charge >= 0.3 is 0 Å². The van der Waals surface area contributed by atoms with E-state index >= 15 is 0 Å². The van der Waals surface area contributed by atoms with E-state index in [9.17, 15) is 4.79 Å².